The zero-order chi connectivity index (χ0) is 13.1. The van der Waals surface area contributed by atoms with Gasteiger partial charge < -0.3 is 5.32 Å². The Morgan fingerprint density at radius 1 is 1.33 bits per heavy atom. The SMILES string of the molecule is Cc1ccc(Cl)cc1NC(=O)c1cncc(Br)c1. The van der Waals surface area contributed by atoms with Crippen LogP contribution in [0.5, 0.6) is 0 Å². The van der Waals surface area contributed by atoms with Gasteiger partial charge in [0.2, 0.25) is 0 Å². The minimum Gasteiger partial charge on any atom is -0.322 e. The number of hydrogen-bond donors (Lipinski definition) is 1. The van der Waals surface area contributed by atoms with Crippen LogP contribution >= 0.6 is 27.5 Å². The number of carbonyl (C=O) groups is 1. The van der Waals surface area contributed by atoms with Crippen LogP contribution in [0.2, 0.25) is 5.02 Å². The molecule has 1 aromatic heterocycles. The number of benzene rings is 1. The lowest BCUT2D eigenvalue weighted by Crippen LogP contribution is -2.13. The maximum Gasteiger partial charge on any atom is 0.257 e. The molecule has 3 nitrogen and oxygen atoms in total. The van der Waals surface area contributed by atoms with Gasteiger partial charge in [0.25, 0.3) is 5.91 Å². The molecule has 0 spiro atoms. The van der Waals surface area contributed by atoms with E-state index in [1.54, 1.807) is 24.4 Å². The third-order valence-electron chi connectivity index (χ3n) is 2.41. The number of halogens is 2. The van der Waals surface area contributed by atoms with E-state index in [0.717, 1.165) is 10.0 Å². The first kappa shape index (κ1) is 13.1. The highest BCUT2D eigenvalue weighted by atomic mass is 79.9. The molecule has 0 fully saturated rings. The highest BCUT2D eigenvalue weighted by Gasteiger charge is 2.08. The summed E-state index contributed by atoms with van der Waals surface area (Å²) in [6.45, 7) is 1.91. The van der Waals surface area contributed by atoms with Gasteiger partial charge in [-0.3, -0.25) is 9.78 Å². The smallest absolute Gasteiger partial charge is 0.257 e. The molecule has 0 bridgehead atoms. The van der Waals surface area contributed by atoms with Crippen LogP contribution in [0.25, 0.3) is 0 Å². The molecular formula is C13H10BrClN2O. The van der Waals surface area contributed by atoms with E-state index in [1.165, 1.54) is 6.20 Å². The van der Waals surface area contributed by atoms with Gasteiger partial charge in [-0.05, 0) is 46.6 Å². The molecule has 1 N–H and O–H groups in total. The van der Waals surface area contributed by atoms with Crippen molar-refractivity contribution < 1.29 is 4.79 Å². The molecule has 2 aromatic rings. The highest BCUT2D eigenvalue weighted by molar-refractivity contribution is 9.10. The first-order chi connectivity index (χ1) is 8.56. The van der Waals surface area contributed by atoms with E-state index < -0.39 is 0 Å². The van der Waals surface area contributed by atoms with Crippen molar-refractivity contribution in [3.8, 4) is 0 Å². The summed E-state index contributed by atoms with van der Waals surface area (Å²) in [7, 11) is 0. The molecule has 0 radical (unpaired) electrons. The van der Waals surface area contributed by atoms with Crippen LogP contribution < -0.4 is 5.32 Å². The van der Waals surface area contributed by atoms with Crippen molar-refractivity contribution >= 4 is 39.1 Å². The molecule has 1 heterocycles. The van der Waals surface area contributed by atoms with Crippen molar-refractivity contribution in [2.24, 2.45) is 0 Å². The van der Waals surface area contributed by atoms with Gasteiger partial charge >= 0.3 is 0 Å². The van der Waals surface area contributed by atoms with Crippen LogP contribution in [0.1, 0.15) is 15.9 Å². The molecule has 1 amide bonds. The fraction of sp³-hybridized carbons (Fsp3) is 0.0769. The Hall–Kier alpha value is -1.39. The standard InChI is InChI=1S/C13H10BrClN2O/c1-8-2-3-11(15)5-12(8)17-13(18)9-4-10(14)7-16-6-9/h2-7H,1H3,(H,17,18). The molecule has 0 atom stereocenters. The van der Waals surface area contributed by atoms with Crippen LogP contribution in [-0.4, -0.2) is 10.9 Å². The number of anilines is 1. The topological polar surface area (TPSA) is 42.0 Å². The summed E-state index contributed by atoms with van der Waals surface area (Å²) in [4.78, 5) is 16.0. The zero-order valence-electron chi connectivity index (χ0n) is 9.58. The molecule has 5 heteroatoms. The van der Waals surface area contributed by atoms with E-state index in [9.17, 15) is 4.79 Å². The fourth-order valence-corrected chi connectivity index (χ4v) is 2.00. The third-order valence-corrected chi connectivity index (χ3v) is 3.08. The van der Waals surface area contributed by atoms with Crippen molar-refractivity contribution in [3.63, 3.8) is 0 Å². The molecule has 2 rings (SSSR count). The van der Waals surface area contributed by atoms with Gasteiger partial charge in [-0.25, -0.2) is 0 Å². The number of aryl methyl sites for hydroxylation is 1. The molecule has 92 valence electrons. The average molecular weight is 326 g/mol. The van der Waals surface area contributed by atoms with E-state index >= 15 is 0 Å². The van der Waals surface area contributed by atoms with E-state index in [4.69, 9.17) is 11.6 Å². The monoisotopic (exact) mass is 324 g/mol. The summed E-state index contributed by atoms with van der Waals surface area (Å²) >= 11 is 9.18. The minimum absolute atomic E-state index is 0.214. The Bertz CT molecular complexity index is 601. The largest absolute Gasteiger partial charge is 0.322 e. The second-order valence-electron chi connectivity index (χ2n) is 3.81. The van der Waals surface area contributed by atoms with E-state index in [2.05, 4.69) is 26.2 Å². The Kier molecular flexibility index (Phi) is 3.99. The Labute approximate surface area is 118 Å². The molecule has 0 aliphatic carbocycles. The Morgan fingerprint density at radius 3 is 2.83 bits per heavy atom. The summed E-state index contributed by atoms with van der Waals surface area (Å²) in [5, 5.41) is 3.40. The van der Waals surface area contributed by atoms with Gasteiger partial charge in [0.1, 0.15) is 0 Å². The molecular weight excluding hydrogens is 316 g/mol. The van der Waals surface area contributed by atoms with Crippen LogP contribution in [0.3, 0.4) is 0 Å². The molecule has 0 saturated carbocycles. The lowest BCUT2D eigenvalue weighted by atomic mass is 10.2. The average Bonchev–Trinajstić information content (AvgIpc) is 2.34. The van der Waals surface area contributed by atoms with Crippen LogP contribution in [0.4, 0.5) is 5.69 Å². The molecule has 0 aliphatic rings. The lowest BCUT2D eigenvalue weighted by molar-refractivity contribution is 0.102. The predicted octanol–water partition coefficient (Wildman–Crippen LogP) is 4.06. The number of amides is 1. The Morgan fingerprint density at radius 2 is 2.11 bits per heavy atom. The van der Waals surface area contributed by atoms with Crippen LogP contribution in [-0.2, 0) is 0 Å². The number of pyridine rings is 1. The van der Waals surface area contributed by atoms with Crippen LogP contribution in [0, 0.1) is 6.92 Å². The maximum atomic E-state index is 12.0. The van der Waals surface area contributed by atoms with Crippen molar-refractivity contribution in [2.45, 2.75) is 6.92 Å². The van der Waals surface area contributed by atoms with Crippen molar-refractivity contribution in [2.75, 3.05) is 5.32 Å². The van der Waals surface area contributed by atoms with E-state index in [0.29, 0.717) is 16.3 Å². The first-order valence-electron chi connectivity index (χ1n) is 5.24. The van der Waals surface area contributed by atoms with Gasteiger partial charge in [0.15, 0.2) is 0 Å². The second-order valence-corrected chi connectivity index (χ2v) is 5.16. The minimum atomic E-state index is -0.214. The normalized spacial score (nSPS) is 10.2. The highest BCUT2D eigenvalue weighted by Crippen LogP contribution is 2.21. The van der Waals surface area contributed by atoms with Gasteiger partial charge in [-0.15, -0.1) is 0 Å². The van der Waals surface area contributed by atoms with Crippen molar-refractivity contribution in [1.29, 1.82) is 0 Å². The van der Waals surface area contributed by atoms with E-state index in [1.807, 2.05) is 13.0 Å². The number of hydrogen-bond acceptors (Lipinski definition) is 2. The number of nitrogens with one attached hydrogen (secondary N) is 1. The summed E-state index contributed by atoms with van der Waals surface area (Å²) in [5.74, 6) is -0.214. The van der Waals surface area contributed by atoms with E-state index in [-0.39, 0.29) is 5.91 Å². The number of aromatic nitrogens is 1. The number of rotatable bonds is 2. The number of carbonyl (C=O) groups excluding carboxylic acids is 1. The molecule has 0 saturated heterocycles. The molecule has 18 heavy (non-hydrogen) atoms. The second kappa shape index (κ2) is 5.50. The summed E-state index contributed by atoms with van der Waals surface area (Å²) in [6, 6.07) is 7.08. The maximum absolute atomic E-state index is 12.0. The molecule has 1 aromatic carbocycles. The molecule has 0 aliphatic heterocycles. The van der Waals surface area contributed by atoms with Gasteiger partial charge in [-0.2, -0.15) is 0 Å². The Balaban J connectivity index is 2.24. The lowest BCUT2D eigenvalue weighted by Gasteiger charge is -2.08. The third kappa shape index (κ3) is 3.09. The predicted molar refractivity (Wildman–Crippen MR) is 76.1 cm³/mol. The van der Waals surface area contributed by atoms with Crippen molar-refractivity contribution in [1.82, 2.24) is 4.98 Å². The van der Waals surface area contributed by atoms with Gasteiger partial charge in [0.05, 0.1) is 5.56 Å². The summed E-state index contributed by atoms with van der Waals surface area (Å²) in [5.41, 5.74) is 2.15. The van der Waals surface area contributed by atoms with Gasteiger partial charge in [0, 0.05) is 27.6 Å². The van der Waals surface area contributed by atoms with Gasteiger partial charge in [-0.1, -0.05) is 17.7 Å². The first-order valence-corrected chi connectivity index (χ1v) is 6.41. The summed E-state index contributed by atoms with van der Waals surface area (Å²) < 4.78 is 0.762. The number of nitrogens with zero attached hydrogens (tertiary/aromatic N) is 1. The fourth-order valence-electron chi connectivity index (χ4n) is 1.46. The summed E-state index contributed by atoms with van der Waals surface area (Å²) in [6.07, 6.45) is 3.14. The quantitative estimate of drug-likeness (QED) is 0.905. The molecule has 0 unspecified atom stereocenters. The van der Waals surface area contributed by atoms with Crippen LogP contribution in [0.15, 0.2) is 41.1 Å². The zero-order valence-corrected chi connectivity index (χ0v) is 11.9. The van der Waals surface area contributed by atoms with Crippen molar-refractivity contribution in [3.05, 3.63) is 57.3 Å².